The van der Waals surface area contributed by atoms with Gasteiger partial charge in [0.05, 0.1) is 18.1 Å². The van der Waals surface area contributed by atoms with Crippen LogP contribution in [0, 0.1) is 18.6 Å². The van der Waals surface area contributed by atoms with Crippen LogP contribution >= 0.6 is 0 Å². The summed E-state index contributed by atoms with van der Waals surface area (Å²) in [4.78, 5) is 48.1. The van der Waals surface area contributed by atoms with Crippen molar-refractivity contribution < 1.29 is 23.1 Å². The molecule has 11 nitrogen and oxygen atoms in total. The van der Waals surface area contributed by atoms with Crippen molar-refractivity contribution in [2.45, 2.75) is 20.8 Å². The molecule has 0 aliphatic heterocycles. The second-order valence-corrected chi connectivity index (χ2v) is 9.35. The molecule has 0 bridgehead atoms. The number of H-pyrrole nitrogens is 1. The molecule has 0 aliphatic rings. The molecule has 4 aromatic rings. The van der Waals surface area contributed by atoms with Crippen LogP contribution in [0.1, 0.15) is 30.0 Å². The van der Waals surface area contributed by atoms with Gasteiger partial charge in [0, 0.05) is 31.1 Å². The lowest BCUT2D eigenvalue weighted by Crippen LogP contribution is -2.41. The van der Waals surface area contributed by atoms with E-state index in [0.717, 1.165) is 19.2 Å². The summed E-state index contributed by atoms with van der Waals surface area (Å²) in [5.74, 6) is -1.55. The minimum absolute atomic E-state index is 0.0286. The molecule has 0 saturated carbocycles. The third-order valence-electron chi connectivity index (χ3n) is 6.48. The lowest BCUT2D eigenvalue weighted by atomic mass is 10.2. The smallest absolute Gasteiger partial charge is 0.330 e. The van der Waals surface area contributed by atoms with Crippen molar-refractivity contribution in [3.05, 3.63) is 94.3 Å². The van der Waals surface area contributed by atoms with Gasteiger partial charge in [-0.1, -0.05) is 13.8 Å². The van der Waals surface area contributed by atoms with E-state index in [1.54, 1.807) is 14.0 Å². The maximum atomic E-state index is 14.9. The summed E-state index contributed by atoms with van der Waals surface area (Å²) in [6, 6.07) is 11.7. The first-order valence-corrected chi connectivity index (χ1v) is 13.2. The summed E-state index contributed by atoms with van der Waals surface area (Å²) < 4.78 is 35.1. The molecule has 2 aromatic carbocycles. The van der Waals surface area contributed by atoms with Gasteiger partial charge >= 0.3 is 11.7 Å². The van der Waals surface area contributed by atoms with Crippen molar-refractivity contribution in [1.82, 2.24) is 24.3 Å². The third-order valence-corrected chi connectivity index (χ3v) is 6.48. The molecule has 3 amide bonds. The second kappa shape index (κ2) is 13.1. The molecule has 0 spiro atoms. The molecular formula is C29H31F2N7O4. The molecule has 4 rings (SSSR count). The van der Waals surface area contributed by atoms with Gasteiger partial charge in [0.2, 0.25) is 0 Å². The van der Waals surface area contributed by atoms with E-state index in [1.165, 1.54) is 64.2 Å². The number of aromatic nitrogens is 3. The number of aromatic amines is 1. The predicted molar refractivity (Wildman–Crippen MR) is 154 cm³/mol. The van der Waals surface area contributed by atoms with Crippen LogP contribution in [0.3, 0.4) is 0 Å². The standard InChI is InChI=1S/C29H31F2N7O4/c1-5-37(6-2)17-36(4)28(40)34-25-16-22(13-14-32-25)42-24-12-9-20(15-23(24)31)33-27(39)26-18(3)38(29(41)35-26)21-10-7-19(30)8-11-21/h7-16H,5-6,17H2,1-4H3,(H,33,39)(H,35,41)(H,32,34,40). The van der Waals surface area contributed by atoms with E-state index in [2.05, 4.69) is 25.5 Å². The quantitative estimate of drug-likeness (QED) is 0.228. The van der Waals surface area contributed by atoms with Gasteiger partial charge in [-0.2, -0.15) is 0 Å². The van der Waals surface area contributed by atoms with Crippen LogP contribution in [0.4, 0.5) is 25.1 Å². The number of carbonyl (C=O) groups is 2. The van der Waals surface area contributed by atoms with Gasteiger partial charge in [-0.25, -0.2) is 23.4 Å². The highest BCUT2D eigenvalue weighted by Gasteiger charge is 2.19. The Morgan fingerprint density at radius 2 is 1.74 bits per heavy atom. The van der Waals surface area contributed by atoms with E-state index in [9.17, 15) is 23.2 Å². The largest absolute Gasteiger partial charge is 0.454 e. The van der Waals surface area contributed by atoms with Crippen LogP contribution < -0.4 is 21.1 Å². The molecule has 0 radical (unpaired) electrons. The van der Waals surface area contributed by atoms with Crippen LogP contribution in [0.15, 0.2) is 65.6 Å². The Morgan fingerprint density at radius 3 is 2.40 bits per heavy atom. The van der Waals surface area contributed by atoms with Crippen molar-refractivity contribution in [3.8, 4) is 17.2 Å². The number of ether oxygens (including phenoxy) is 1. The summed E-state index contributed by atoms with van der Waals surface area (Å²) in [6.45, 7) is 7.62. The first-order chi connectivity index (χ1) is 20.1. The zero-order valence-corrected chi connectivity index (χ0v) is 23.6. The maximum Gasteiger partial charge on any atom is 0.330 e. The zero-order valence-electron chi connectivity index (χ0n) is 23.6. The van der Waals surface area contributed by atoms with Crippen LogP contribution in [-0.2, 0) is 0 Å². The number of imidazole rings is 1. The van der Waals surface area contributed by atoms with E-state index in [0.29, 0.717) is 18.1 Å². The Morgan fingerprint density at radius 1 is 1.02 bits per heavy atom. The van der Waals surface area contributed by atoms with Crippen molar-refractivity contribution in [1.29, 1.82) is 0 Å². The maximum absolute atomic E-state index is 14.9. The summed E-state index contributed by atoms with van der Waals surface area (Å²) >= 11 is 0. The first-order valence-electron chi connectivity index (χ1n) is 13.2. The molecular weight excluding hydrogens is 548 g/mol. The van der Waals surface area contributed by atoms with Crippen LogP contribution in [-0.4, -0.2) is 63.1 Å². The van der Waals surface area contributed by atoms with E-state index < -0.39 is 23.2 Å². The first kappa shape index (κ1) is 29.9. The molecule has 42 heavy (non-hydrogen) atoms. The number of urea groups is 1. The minimum Gasteiger partial charge on any atom is -0.454 e. The molecule has 2 heterocycles. The molecule has 220 valence electrons. The number of rotatable bonds is 10. The number of carbonyl (C=O) groups excluding carboxylic acids is 2. The molecule has 13 heteroatoms. The molecule has 3 N–H and O–H groups in total. The average Bonchev–Trinajstić information content (AvgIpc) is 3.27. The summed E-state index contributed by atoms with van der Waals surface area (Å²) in [5, 5.41) is 5.24. The van der Waals surface area contributed by atoms with E-state index >= 15 is 0 Å². The minimum atomic E-state index is -0.761. The fourth-order valence-electron chi connectivity index (χ4n) is 4.16. The van der Waals surface area contributed by atoms with Gasteiger partial charge in [-0.15, -0.1) is 0 Å². The second-order valence-electron chi connectivity index (χ2n) is 9.35. The number of amides is 3. The van der Waals surface area contributed by atoms with Crippen molar-refractivity contribution >= 4 is 23.4 Å². The van der Waals surface area contributed by atoms with Gasteiger partial charge < -0.3 is 19.9 Å². The fourth-order valence-corrected chi connectivity index (χ4v) is 4.16. The number of anilines is 2. The van der Waals surface area contributed by atoms with Crippen molar-refractivity contribution in [3.63, 3.8) is 0 Å². The van der Waals surface area contributed by atoms with Gasteiger partial charge in [0.1, 0.15) is 23.1 Å². The van der Waals surface area contributed by atoms with Crippen LogP contribution in [0.2, 0.25) is 0 Å². The molecule has 0 unspecified atom stereocenters. The fraction of sp³-hybridized carbons (Fsp3) is 0.241. The third kappa shape index (κ3) is 6.99. The Bertz CT molecular complexity index is 1630. The number of hydrogen-bond donors (Lipinski definition) is 3. The Hall–Kier alpha value is -5.04. The number of nitrogens with zero attached hydrogens (tertiary/aromatic N) is 4. The van der Waals surface area contributed by atoms with Crippen molar-refractivity contribution in [2.24, 2.45) is 0 Å². The number of halogens is 2. The summed E-state index contributed by atoms with van der Waals surface area (Å²) in [7, 11) is 1.67. The molecule has 0 fully saturated rings. The lowest BCUT2D eigenvalue weighted by molar-refractivity contribution is 0.102. The van der Waals surface area contributed by atoms with Crippen LogP contribution in [0.5, 0.6) is 11.5 Å². The average molecular weight is 580 g/mol. The molecule has 2 aromatic heterocycles. The normalized spacial score (nSPS) is 10.9. The monoisotopic (exact) mass is 579 g/mol. The molecule has 0 aliphatic carbocycles. The zero-order chi connectivity index (χ0) is 30.4. The number of nitrogens with one attached hydrogen (secondary N) is 3. The van der Waals surface area contributed by atoms with E-state index in [1.807, 2.05) is 13.8 Å². The highest BCUT2D eigenvalue weighted by molar-refractivity contribution is 6.03. The highest BCUT2D eigenvalue weighted by atomic mass is 19.1. The SMILES string of the molecule is CCN(CC)CN(C)C(=O)Nc1cc(Oc2ccc(NC(=O)c3[nH]c(=O)n(-c4ccc(F)cc4)c3C)cc2F)ccn1. The van der Waals surface area contributed by atoms with E-state index in [-0.39, 0.29) is 34.7 Å². The van der Waals surface area contributed by atoms with Gasteiger partial charge in [-0.3, -0.25) is 19.6 Å². The highest BCUT2D eigenvalue weighted by Crippen LogP contribution is 2.28. The van der Waals surface area contributed by atoms with Gasteiger partial charge in [0.25, 0.3) is 5.91 Å². The lowest BCUT2D eigenvalue weighted by Gasteiger charge is -2.25. The Balaban J connectivity index is 1.42. The summed E-state index contributed by atoms with van der Waals surface area (Å²) in [5.41, 5.74) is 0.192. The topological polar surface area (TPSA) is 125 Å². The predicted octanol–water partition coefficient (Wildman–Crippen LogP) is 4.95. The van der Waals surface area contributed by atoms with Crippen LogP contribution in [0.25, 0.3) is 5.69 Å². The molecule has 0 atom stereocenters. The van der Waals surface area contributed by atoms with Gasteiger partial charge in [0.15, 0.2) is 11.6 Å². The number of hydrogen-bond acceptors (Lipinski definition) is 6. The Kier molecular flexibility index (Phi) is 9.32. The number of pyridine rings is 1. The summed E-state index contributed by atoms with van der Waals surface area (Å²) in [6.07, 6.45) is 1.42. The Labute approximate surface area is 240 Å². The van der Waals surface area contributed by atoms with Gasteiger partial charge in [-0.05, 0) is 62.5 Å². The van der Waals surface area contributed by atoms with Crippen molar-refractivity contribution in [2.75, 3.05) is 37.4 Å². The van der Waals surface area contributed by atoms with E-state index in [4.69, 9.17) is 4.74 Å². The number of benzene rings is 2. The molecule has 0 saturated heterocycles.